The Morgan fingerprint density at radius 3 is 2.05 bits per heavy atom. The molecule has 0 saturated carbocycles. The number of ether oxygens (including phenoxy) is 1. The van der Waals surface area contributed by atoms with E-state index in [1.807, 2.05) is 55.5 Å². The molecule has 0 radical (unpaired) electrons. The third-order valence-electron chi connectivity index (χ3n) is 3.48. The molecule has 1 aliphatic heterocycles. The van der Waals surface area contributed by atoms with Crippen molar-refractivity contribution in [3.8, 4) is 11.5 Å². The van der Waals surface area contributed by atoms with Gasteiger partial charge in [0, 0.05) is 17.7 Å². The quantitative estimate of drug-likeness (QED) is 0.785. The molecule has 1 heterocycles. The highest BCUT2D eigenvalue weighted by Gasteiger charge is 2.30. The molecule has 3 nitrogen and oxygen atoms in total. The predicted molar refractivity (Wildman–Crippen MR) is 73.2 cm³/mol. The Morgan fingerprint density at radius 2 is 1.58 bits per heavy atom. The van der Waals surface area contributed by atoms with Crippen molar-refractivity contribution >= 4 is 6.41 Å². The first-order valence-electron chi connectivity index (χ1n) is 6.42. The monoisotopic (exact) mass is 253 g/mol. The molecule has 96 valence electrons. The summed E-state index contributed by atoms with van der Waals surface area (Å²) in [6, 6.07) is 15.7. The number of hydrogen-bond donors (Lipinski definition) is 0. The Hall–Kier alpha value is -2.29. The summed E-state index contributed by atoms with van der Waals surface area (Å²) in [6.45, 7) is 2.64. The zero-order chi connectivity index (χ0) is 13.2. The van der Waals surface area contributed by atoms with Gasteiger partial charge in [0.05, 0.1) is 6.04 Å². The molecule has 0 atom stereocenters. The summed E-state index contributed by atoms with van der Waals surface area (Å²) >= 11 is 0. The maximum atomic E-state index is 11.3. The average molecular weight is 253 g/mol. The van der Waals surface area contributed by atoms with Crippen molar-refractivity contribution in [2.24, 2.45) is 0 Å². The van der Waals surface area contributed by atoms with Crippen LogP contribution in [0.3, 0.4) is 0 Å². The molecule has 2 aromatic carbocycles. The lowest BCUT2D eigenvalue weighted by Gasteiger charge is -2.34. The van der Waals surface area contributed by atoms with Crippen LogP contribution in [-0.4, -0.2) is 17.9 Å². The third kappa shape index (κ3) is 1.87. The molecule has 0 fully saturated rings. The predicted octanol–water partition coefficient (Wildman–Crippen LogP) is 3.36. The molecule has 2 aromatic rings. The van der Waals surface area contributed by atoms with Gasteiger partial charge in [0.1, 0.15) is 11.5 Å². The lowest BCUT2D eigenvalue weighted by Crippen LogP contribution is -2.30. The molecule has 1 amide bonds. The Kier molecular flexibility index (Phi) is 2.95. The minimum atomic E-state index is -0.0661. The van der Waals surface area contributed by atoms with E-state index in [2.05, 4.69) is 0 Å². The Labute approximate surface area is 112 Å². The third-order valence-corrected chi connectivity index (χ3v) is 3.48. The van der Waals surface area contributed by atoms with Gasteiger partial charge >= 0.3 is 0 Å². The number of carbonyl (C=O) groups is 1. The number of hydrogen-bond acceptors (Lipinski definition) is 2. The van der Waals surface area contributed by atoms with Crippen LogP contribution in [0.1, 0.15) is 24.1 Å². The zero-order valence-electron chi connectivity index (χ0n) is 10.7. The lowest BCUT2D eigenvalue weighted by molar-refractivity contribution is -0.119. The lowest BCUT2D eigenvalue weighted by atomic mass is 9.93. The topological polar surface area (TPSA) is 29.5 Å². The van der Waals surface area contributed by atoms with Gasteiger partial charge in [0.25, 0.3) is 0 Å². The second-order valence-electron chi connectivity index (χ2n) is 4.52. The minimum Gasteiger partial charge on any atom is -0.457 e. The fraction of sp³-hybridized carbons (Fsp3) is 0.188. The summed E-state index contributed by atoms with van der Waals surface area (Å²) in [5, 5.41) is 0. The van der Waals surface area contributed by atoms with Crippen molar-refractivity contribution in [1.29, 1.82) is 0 Å². The summed E-state index contributed by atoms with van der Waals surface area (Å²) in [5.41, 5.74) is 2.07. The van der Waals surface area contributed by atoms with Crippen LogP contribution in [0.15, 0.2) is 48.5 Å². The van der Waals surface area contributed by atoms with Crippen molar-refractivity contribution in [3.63, 3.8) is 0 Å². The zero-order valence-corrected chi connectivity index (χ0v) is 10.7. The van der Waals surface area contributed by atoms with Crippen molar-refractivity contribution in [2.45, 2.75) is 13.0 Å². The summed E-state index contributed by atoms with van der Waals surface area (Å²) in [7, 11) is 0. The number of rotatable bonds is 3. The SMILES string of the molecule is CCN(C=O)C1c2ccccc2Oc2ccccc21. The number of benzene rings is 2. The molecule has 19 heavy (non-hydrogen) atoms. The van der Waals surface area contributed by atoms with E-state index >= 15 is 0 Å². The maximum absolute atomic E-state index is 11.3. The first kappa shape index (κ1) is 11.8. The molecule has 0 spiro atoms. The summed E-state index contributed by atoms with van der Waals surface area (Å²) in [6.07, 6.45) is 0.906. The van der Waals surface area contributed by atoms with Gasteiger partial charge in [-0.2, -0.15) is 0 Å². The van der Waals surface area contributed by atoms with E-state index in [9.17, 15) is 4.79 Å². The van der Waals surface area contributed by atoms with Gasteiger partial charge in [-0.1, -0.05) is 36.4 Å². The van der Waals surface area contributed by atoms with E-state index < -0.39 is 0 Å². The maximum Gasteiger partial charge on any atom is 0.210 e. The number of nitrogens with zero attached hydrogens (tertiary/aromatic N) is 1. The van der Waals surface area contributed by atoms with Crippen LogP contribution >= 0.6 is 0 Å². The highest BCUT2D eigenvalue weighted by molar-refractivity contribution is 5.58. The molecule has 0 aliphatic carbocycles. The van der Waals surface area contributed by atoms with Crippen LogP contribution in [0.5, 0.6) is 11.5 Å². The van der Waals surface area contributed by atoms with Gasteiger partial charge in [-0.05, 0) is 19.1 Å². The van der Waals surface area contributed by atoms with E-state index in [0.717, 1.165) is 29.0 Å². The largest absolute Gasteiger partial charge is 0.457 e. The van der Waals surface area contributed by atoms with Crippen molar-refractivity contribution in [2.75, 3.05) is 6.54 Å². The molecular formula is C16H15NO2. The van der Waals surface area contributed by atoms with Crippen LogP contribution in [0.2, 0.25) is 0 Å². The molecule has 1 aliphatic rings. The molecule has 0 bridgehead atoms. The number of carbonyl (C=O) groups excluding carboxylic acids is 1. The van der Waals surface area contributed by atoms with E-state index in [-0.39, 0.29) is 6.04 Å². The van der Waals surface area contributed by atoms with Gasteiger partial charge < -0.3 is 9.64 Å². The number of amides is 1. The summed E-state index contributed by atoms with van der Waals surface area (Å²) in [4.78, 5) is 13.1. The van der Waals surface area contributed by atoms with Crippen LogP contribution in [0.25, 0.3) is 0 Å². The standard InChI is InChI=1S/C16H15NO2/c1-2-17(11-18)16-12-7-3-5-9-14(12)19-15-10-6-4-8-13(15)16/h3-11,16H,2H2,1H3. The van der Waals surface area contributed by atoms with Crippen molar-refractivity contribution in [3.05, 3.63) is 59.7 Å². The van der Waals surface area contributed by atoms with Gasteiger partial charge in [-0.15, -0.1) is 0 Å². The molecule has 0 aromatic heterocycles. The van der Waals surface area contributed by atoms with E-state index in [0.29, 0.717) is 6.54 Å². The van der Waals surface area contributed by atoms with Crippen molar-refractivity contribution in [1.82, 2.24) is 4.90 Å². The number of para-hydroxylation sites is 2. The Morgan fingerprint density at radius 1 is 1.05 bits per heavy atom. The highest BCUT2D eigenvalue weighted by atomic mass is 16.5. The fourth-order valence-corrected chi connectivity index (χ4v) is 2.56. The van der Waals surface area contributed by atoms with E-state index in [4.69, 9.17) is 4.74 Å². The molecule has 0 saturated heterocycles. The minimum absolute atomic E-state index is 0.0661. The van der Waals surface area contributed by atoms with Crippen LogP contribution in [0.4, 0.5) is 0 Å². The van der Waals surface area contributed by atoms with Crippen molar-refractivity contribution < 1.29 is 9.53 Å². The summed E-state index contributed by atoms with van der Waals surface area (Å²) < 4.78 is 5.90. The molecule has 3 heteroatoms. The van der Waals surface area contributed by atoms with E-state index in [1.165, 1.54) is 0 Å². The van der Waals surface area contributed by atoms with Gasteiger partial charge in [-0.25, -0.2) is 0 Å². The average Bonchev–Trinajstić information content (AvgIpc) is 2.47. The Bertz CT molecular complexity index is 564. The van der Waals surface area contributed by atoms with Crippen LogP contribution in [-0.2, 0) is 4.79 Å². The molecular weight excluding hydrogens is 238 g/mol. The normalized spacial score (nSPS) is 13.1. The van der Waals surface area contributed by atoms with Gasteiger partial charge in [0.15, 0.2) is 0 Å². The first-order chi connectivity index (χ1) is 9.35. The molecule has 0 N–H and O–H groups in total. The molecule has 3 rings (SSSR count). The van der Waals surface area contributed by atoms with E-state index in [1.54, 1.807) is 4.90 Å². The van der Waals surface area contributed by atoms with Crippen LogP contribution in [0, 0.1) is 0 Å². The second kappa shape index (κ2) is 4.76. The fourth-order valence-electron chi connectivity index (χ4n) is 2.56. The van der Waals surface area contributed by atoms with Crippen LogP contribution < -0.4 is 4.74 Å². The van der Waals surface area contributed by atoms with Gasteiger partial charge in [-0.3, -0.25) is 4.79 Å². The first-order valence-corrected chi connectivity index (χ1v) is 6.42. The second-order valence-corrected chi connectivity index (χ2v) is 4.52. The molecule has 0 unspecified atom stereocenters. The smallest absolute Gasteiger partial charge is 0.210 e. The Balaban J connectivity index is 2.19. The van der Waals surface area contributed by atoms with Gasteiger partial charge in [0.2, 0.25) is 6.41 Å². The summed E-state index contributed by atoms with van der Waals surface area (Å²) in [5.74, 6) is 1.65. The highest BCUT2D eigenvalue weighted by Crippen LogP contribution is 2.44. The number of fused-ring (bicyclic) bond motifs is 2.